The molecule has 85 heavy (non-hydrogen) atoms. The number of quaternary nitrogens is 1. The van der Waals surface area contributed by atoms with E-state index in [0.29, 0.717) is 23.9 Å². The van der Waals surface area contributed by atoms with Crippen LogP contribution in [0, 0.1) is 0 Å². The van der Waals surface area contributed by atoms with Gasteiger partial charge in [0.2, 0.25) is 0 Å². The summed E-state index contributed by atoms with van der Waals surface area (Å²) in [5.74, 6) is -2.26. The molecule has 0 saturated carbocycles. The maximum atomic E-state index is 12.9. The Morgan fingerprint density at radius 1 is 0.353 bits per heavy atom. The molecule has 0 fully saturated rings. The third-order valence-electron chi connectivity index (χ3n) is 16.5. The van der Waals surface area contributed by atoms with E-state index in [0.717, 1.165) is 44.9 Å². The van der Waals surface area contributed by atoms with E-state index < -0.39 is 24.3 Å². The summed E-state index contributed by atoms with van der Waals surface area (Å²) in [4.78, 5) is 37.5. The number of aliphatic carboxylic acids is 1. The van der Waals surface area contributed by atoms with Gasteiger partial charge in [0, 0.05) is 12.8 Å². The van der Waals surface area contributed by atoms with Gasteiger partial charge in [0.15, 0.2) is 12.4 Å². The Balaban J connectivity index is 4.05. The molecule has 0 saturated heterocycles. The van der Waals surface area contributed by atoms with Crippen LogP contribution in [0.1, 0.15) is 361 Å². The predicted octanol–water partition coefficient (Wildman–Crippen LogP) is 21.6. The lowest BCUT2D eigenvalue weighted by molar-refractivity contribution is -0.870. The highest BCUT2D eigenvalue weighted by Gasteiger charge is 2.22. The van der Waals surface area contributed by atoms with Crippen LogP contribution in [0.15, 0.2) is 48.6 Å². The quantitative estimate of drug-likeness (QED) is 0.0195. The van der Waals surface area contributed by atoms with E-state index >= 15 is 0 Å². The second kappa shape index (κ2) is 67.2. The highest BCUT2D eigenvalue weighted by molar-refractivity contribution is 5.70. The number of ether oxygens (including phenoxy) is 4. The summed E-state index contributed by atoms with van der Waals surface area (Å²) in [6.07, 6.45) is 83.5. The predicted molar refractivity (Wildman–Crippen MR) is 362 cm³/mol. The van der Waals surface area contributed by atoms with Crippen LogP contribution in [0.4, 0.5) is 0 Å². The zero-order chi connectivity index (χ0) is 61.9. The Hall–Kier alpha value is -2.75. The van der Waals surface area contributed by atoms with E-state index in [1.807, 2.05) is 21.1 Å². The number of allylic oxidation sites excluding steroid dienone is 8. The molecule has 0 aliphatic rings. The molecule has 0 amide bonds. The number of carboxylic acid groups (broad SMARTS) is 1. The lowest BCUT2D eigenvalue weighted by Gasteiger charge is -2.26. The summed E-state index contributed by atoms with van der Waals surface area (Å²) < 4.78 is 22.8. The minimum absolute atomic E-state index is 0.149. The summed E-state index contributed by atoms with van der Waals surface area (Å²) >= 11 is 0. The van der Waals surface area contributed by atoms with E-state index in [1.165, 1.54) is 283 Å². The molecule has 2 unspecified atom stereocenters. The number of nitrogens with zero attached hydrogens (tertiary/aromatic N) is 1. The summed E-state index contributed by atoms with van der Waals surface area (Å²) in [5, 5.41) is 11.8. The van der Waals surface area contributed by atoms with Crippen molar-refractivity contribution in [3.8, 4) is 0 Å². The first kappa shape index (κ1) is 82.2. The number of carbonyl (C=O) groups excluding carboxylic acids is 3. The summed E-state index contributed by atoms with van der Waals surface area (Å²) in [7, 11) is 5.94. The minimum Gasteiger partial charge on any atom is -0.545 e. The molecule has 0 aromatic carbocycles. The normalized spacial score (nSPS) is 12.9. The number of likely N-dealkylation sites (N-methyl/N-ethyl adjacent to an activating group) is 1. The SMILES string of the molecule is CCCCCCC/C=C\C/C=C\C/C=C\CCCCCCCCCCCCCCCCC(=O)OC(COC(=O)CCCCCCCCCCCCCCCCCCCCC/C=C\CCCCCCCCCC)COC(OCC[N+](C)(C)C)C(=O)[O-]. The standard InChI is InChI=1S/C76H141NO8/c1-6-8-10-12-14-16-18-20-22-24-26-28-30-32-34-36-37-39-40-42-44-46-48-50-52-54-56-58-60-62-64-66-73(78)83-70-72(71-84-76(75(80)81)82-69-68-77(3,4)5)85-74(79)67-65-63-61-59-57-55-53-51-49-47-45-43-41-38-35-33-31-29-27-25-23-21-19-17-15-13-11-9-7-2/h19,21,24-27,31,33,72,76H,6-18,20,22-23,28-30,32,34-71H2,1-5H3/b21-19-,26-24-,27-25-,33-31-. The van der Waals surface area contributed by atoms with Gasteiger partial charge in [-0.15, -0.1) is 0 Å². The van der Waals surface area contributed by atoms with Crippen LogP contribution in [-0.4, -0.2) is 82.3 Å². The Labute approximate surface area is 527 Å². The first-order valence-electron chi connectivity index (χ1n) is 36.8. The maximum absolute atomic E-state index is 12.9. The molecule has 9 nitrogen and oxygen atoms in total. The molecule has 0 heterocycles. The van der Waals surface area contributed by atoms with Crippen LogP contribution in [-0.2, 0) is 33.3 Å². The van der Waals surface area contributed by atoms with Gasteiger partial charge in [-0.25, -0.2) is 0 Å². The smallest absolute Gasteiger partial charge is 0.306 e. The molecule has 498 valence electrons. The second-order valence-corrected chi connectivity index (χ2v) is 26.2. The van der Waals surface area contributed by atoms with Gasteiger partial charge in [0.05, 0.1) is 40.3 Å². The van der Waals surface area contributed by atoms with E-state index in [2.05, 4.69) is 62.5 Å². The fourth-order valence-electron chi connectivity index (χ4n) is 10.9. The number of esters is 2. The van der Waals surface area contributed by atoms with Gasteiger partial charge in [0.25, 0.3) is 0 Å². The number of hydrogen-bond acceptors (Lipinski definition) is 8. The number of hydrogen-bond donors (Lipinski definition) is 0. The van der Waals surface area contributed by atoms with Crippen LogP contribution < -0.4 is 5.11 Å². The van der Waals surface area contributed by atoms with Gasteiger partial charge in [-0.05, 0) is 77.0 Å². The molecule has 0 aromatic rings. The van der Waals surface area contributed by atoms with E-state index in [-0.39, 0.29) is 32.2 Å². The molecule has 0 aromatic heterocycles. The average molecular weight is 1200 g/mol. The van der Waals surface area contributed by atoms with Crippen molar-refractivity contribution in [3.63, 3.8) is 0 Å². The third kappa shape index (κ3) is 68.6. The molecule has 0 radical (unpaired) electrons. The van der Waals surface area contributed by atoms with Crippen LogP contribution >= 0.6 is 0 Å². The van der Waals surface area contributed by atoms with Crippen molar-refractivity contribution in [2.24, 2.45) is 0 Å². The van der Waals surface area contributed by atoms with Crippen molar-refractivity contribution < 1.29 is 42.9 Å². The third-order valence-corrected chi connectivity index (χ3v) is 16.5. The van der Waals surface area contributed by atoms with Gasteiger partial charge >= 0.3 is 11.9 Å². The first-order chi connectivity index (χ1) is 41.6. The molecule has 0 aliphatic heterocycles. The van der Waals surface area contributed by atoms with Crippen molar-refractivity contribution in [1.29, 1.82) is 0 Å². The Kier molecular flexibility index (Phi) is 65.0. The minimum atomic E-state index is -1.62. The zero-order valence-electron chi connectivity index (χ0n) is 57.0. The Morgan fingerprint density at radius 3 is 0.953 bits per heavy atom. The van der Waals surface area contributed by atoms with Crippen molar-refractivity contribution in [3.05, 3.63) is 48.6 Å². The van der Waals surface area contributed by atoms with Crippen molar-refractivity contribution in [2.75, 3.05) is 47.5 Å². The summed E-state index contributed by atoms with van der Waals surface area (Å²) in [6, 6.07) is 0. The van der Waals surface area contributed by atoms with Gasteiger partial charge in [-0.2, -0.15) is 0 Å². The number of unbranched alkanes of at least 4 members (excludes halogenated alkanes) is 46. The van der Waals surface area contributed by atoms with E-state index in [4.69, 9.17) is 18.9 Å². The first-order valence-corrected chi connectivity index (χ1v) is 36.8. The lowest BCUT2D eigenvalue weighted by atomic mass is 10.0. The molecule has 0 rings (SSSR count). The number of rotatable bonds is 69. The topological polar surface area (TPSA) is 111 Å². The Morgan fingerprint density at radius 2 is 0.635 bits per heavy atom. The molecular weight excluding hydrogens is 1050 g/mol. The van der Waals surface area contributed by atoms with Crippen LogP contribution in [0.5, 0.6) is 0 Å². The lowest BCUT2D eigenvalue weighted by Crippen LogP contribution is -2.44. The van der Waals surface area contributed by atoms with E-state index in [9.17, 15) is 19.5 Å². The van der Waals surface area contributed by atoms with Crippen molar-refractivity contribution >= 4 is 17.9 Å². The molecular formula is C76H141NO8. The van der Waals surface area contributed by atoms with Gasteiger partial charge < -0.3 is 33.3 Å². The number of carboxylic acids is 1. The molecule has 9 heteroatoms. The second-order valence-electron chi connectivity index (χ2n) is 26.2. The molecule has 0 spiro atoms. The van der Waals surface area contributed by atoms with Gasteiger partial charge in [0.1, 0.15) is 13.2 Å². The van der Waals surface area contributed by atoms with Crippen LogP contribution in [0.2, 0.25) is 0 Å². The molecule has 0 N–H and O–H groups in total. The summed E-state index contributed by atoms with van der Waals surface area (Å²) in [5.41, 5.74) is 0. The molecule has 2 atom stereocenters. The molecule has 0 bridgehead atoms. The van der Waals surface area contributed by atoms with Crippen molar-refractivity contribution in [1.82, 2.24) is 0 Å². The zero-order valence-corrected chi connectivity index (χ0v) is 57.0. The maximum Gasteiger partial charge on any atom is 0.306 e. The largest absolute Gasteiger partial charge is 0.545 e. The van der Waals surface area contributed by atoms with E-state index in [1.54, 1.807) is 0 Å². The van der Waals surface area contributed by atoms with Crippen LogP contribution in [0.3, 0.4) is 0 Å². The number of carbonyl (C=O) groups is 3. The highest BCUT2D eigenvalue weighted by Crippen LogP contribution is 2.18. The fraction of sp³-hybridized carbons (Fsp3) is 0.855. The van der Waals surface area contributed by atoms with Crippen molar-refractivity contribution in [2.45, 2.75) is 373 Å². The summed E-state index contributed by atoms with van der Waals surface area (Å²) in [6.45, 7) is 4.80. The Bertz CT molecular complexity index is 1530. The van der Waals surface area contributed by atoms with Gasteiger partial charge in [-0.1, -0.05) is 319 Å². The fourth-order valence-corrected chi connectivity index (χ4v) is 10.9. The van der Waals surface area contributed by atoms with Crippen LogP contribution in [0.25, 0.3) is 0 Å². The molecule has 0 aliphatic carbocycles. The van der Waals surface area contributed by atoms with Gasteiger partial charge in [-0.3, -0.25) is 9.59 Å². The monoisotopic (exact) mass is 1200 g/mol. The highest BCUT2D eigenvalue weighted by atomic mass is 16.7. The average Bonchev–Trinajstić information content (AvgIpc) is 3.48.